The molecule has 0 saturated carbocycles. The molecule has 1 amide bonds. The molecule has 2 aromatic rings. The molecule has 2 rings (SSSR count). The molecule has 0 fully saturated rings. The predicted octanol–water partition coefficient (Wildman–Crippen LogP) is 3.89. The first kappa shape index (κ1) is 16.3. The van der Waals surface area contributed by atoms with Gasteiger partial charge in [0.25, 0.3) is 5.91 Å². The van der Waals surface area contributed by atoms with Gasteiger partial charge in [0.05, 0.1) is 5.69 Å². The van der Waals surface area contributed by atoms with Gasteiger partial charge in [-0.1, -0.05) is 50.6 Å². The van der Waals surface area contributed by atoms with E-state index < -0.39 is 0 Å². The van der Waals surface area contributed by atoms with Crippen LogP contribution >= 0.6 is 0 Å². The molecule has 4 nitrogen and oxygen atoms in total. The van der Waals surface area contributed by atoms with Crippen LogP contribution in [0.25, 0.3) is 11.3 Å². The standard InChI is InChI=1S/C18H25N3O/c1-12-7-9-14(10-8-12)15-11-16(20-19-15)17(22)21(6)13(2)18(3,4)5/h7-11,13H,1-6H3,(H,19,20). The third-order valence-electron chi connectivity index (χ3n) is 4.31. The van der Waals surface area contributed by atoms with Crippen LogP contribution in [0, 0.1) is 12.3 Å². The maximum Gasteiger partial charge on any atom is 0.271 e. The summed E-state index contributed by atoms with van der Waals surface area (Å²) < 4.78 is 0. The normalized spacial score (nSPS) is 13.0. The number of hydrogen-bond acceptors (Lipinski definition) is 2. The van der Waals surface area contributed by atoms with Crippen molar-refractivity contribution in [2.45, 2.75) is 40.7 Å². The second kappa shape index (κ2) is 5.95. The smallest absolute Gasteiger partial charge is 0.271 e. The molecule has 1 aromatic heterocycles. The number of nitrogens with zero attached hydrogens (tertiary/aromatic N) is 2. The molecular formula is C18H25N3O. The lowest BCUT2D eigenvalue weighted by molar-refractivity contribution is 0.0623. The largest absolute Gasteiger partial charge is 0.337 e. The Labute approximate surface area is 132 Å². The SMILES string of the molecule is Cc1ccc(-c2cc(C(=O)N(C)C(C)C(C)(C)C)[nH]n2)cc1. The predicted molar refractivity (Wildman–Crippen MR) is 89.8 cm³/mol. The van der Waals surface area contributed by atoms with E-state index >= 15 is 0 Å². The summed E-state index contributed by atoms with van der Waals surface area (Å²) in [4.78, 5) is 14.4. The molecule has 0 radical (unpaired) electrons. The summed E-state index contributed by atoms with van der Waals surface area (Å²) in [6.07, 6.45) is 0. The fourth-order valence-electron chi connectivity index (χ4n) is 2.25. The number of benzene rings is 1. The number of carbonyl (C=O) groups is 1. The van der Waals surface area contributed by atoms with Gasteiger partial charge in [0.1, 0.15) is 5.69 Å². The zero-order chi connectivity index (χ0) is 16.5. The zero-order valence-electron chi connectivity index (χ0n) is 14.3. The third-order valence-corrected chi connectivity index (χ3v) is 4.31. The molecule has 1 N–H and O–H groups in total. The lowest BCUT2D eigenvalue weighted by Crippen LogP contribution is -2.43. The van der Waals surface area contributed by atoms with Crippen LogP contribution in [0.4, 0.5) is 0 Å². The van der Waals surface area contributed by atoms with Crippen LogP contribution in [0.3, 0.4) is 0 Å². The molecule has 118 valence electrons. The minimum atomic E-state index is -0.0340. The third kappa shape index (κ3) is 3.38. The molecule has 1 atom stereocenters. The lowest BCUT2D eigenvalue weighted by Gasteiger charge is -2.35. The summed E-state index contributed by atoms with van der Waals surface area (Å²) in [5.74, 6) is -0.0340. The zero-order valence-corrected chi connectivity index (χ0v) is 14.3. The van der Waals surface area contributed by atoms with Crippen LogP contribution in [0.15, 0.2) is 30.3 Å². The summed E-state index contributed by atoms with van der Waals surface area (Å²) in [7, 11) is 1.84. The Balaban J connectivity index is 2.20. The van der Waals surface area contributed by atoms with Crippen molar-refractivity contribution in [1.29, 1.82) is 0 Å². The summed E-state index contributed by atoms with van der Waals surface area (Å²) >= 11 is 0. The van der Waals surface area contributed by atoms with Crippen LogP contribution in [0.1, 0.15) is 43.7 Å². The van der Waals surface area contributed by atoms with Gasteiger partial charge in [-0.2, -0.15) is 5.10 Å². The van der Waals surface area contributed by atoms with Gasteiger partial charge in [-0.3, -0.25) is 9.89 Å². The van der Waals surface area contributed by atoms with Gasteiger partial charge in [0.15, 0.2) is 0 Å². The number of aromatic nitrogens is 2. The highest BCUT2D eigenvalue weighted by molar-refractivity contribution is 5.93. The number of amides is 1. The molecule has 1 heterocycles. The molecule has 4 heteroatoms. The van der Waals surface area contributed by atoms with Crippen LogP contribution in [-0.4, -0.2) is 34.1 Å². The first-order chi connectivity index (χ1) is 10.2. The first-order valence-electron chi connectivity index (χ1n) is 7.60. The van der Waals surface area contributed by atoms with Crippen molar-refractivity contribution >= 4 is 5.91 Å². The maximum atomic E-state index is 12.6. The Bertz CT molecular complexity index is 650. The quantitative estimate of drug-likeness (QED) is 0.934. The fourth-order valence-corrected chi connectivity index (χ4v) is 2.25. The minimum absolute atomic E-state index is 0.0320. The average Bonchev–Trinajstić information content (AvgIpc) is 2.94. The number of aryl methyl sites for hydroxylation is 1. The molecular weight excluding hydrogens is 274 g/mol. The van der Waals surface area contributed by atoms with Gasteiger partial charge in [-0.25, -0.2) is 0 Å². The van der Waals surface area contributed by atoms with Crippen molar-refractivity contribution in [1.82, 2.24) is 15.1 Å². The van der Waals surface area contributed by atoms with Gasteiger partial charge < -0.3 is 4.90 Å². The Morgan fingerprint density at radius 2 is 1.82 bits per heavy atom. The van der Waals surface area contributed by atoms with Gasteiger partial charge in [-0.05, 0) is 25.3 Å². The molecule has 0 aliphatic rings. The Kier molecular flexibility index (Phi) is 4.40. The highest BCUT2D eigenvalue weighted by Gasteiger charge is 2.28. The van der Waals surface area contributed by atoms with E-state index in [0.717, 1.165) is 11.3 Å². The van der Waals surface area contributed by atoms with Gasteiger partial charge in [0, 0.05) is 18.7 Å². The molecule has 0 aliphatic heterocycles. The van der Waals surface area contributed by atoms with E-state index in [2.05, 4.69) is 37.9 Å². The van der Waals surface area contributed by atoms with Gasteiger partial charge in [0.2, 0.25) is 0 Å². The maximum absolute atomic E-state index is 12.6. The fraction of sp³-hybridized carbons (Fsp3) is 0.444. The number of rotatable bonds is 3. The van der Waals surface area contributed by atoms with Crippen molar-refractivity contribution in [2.75, 3.05) is 7.05 Å². The second-order valence-electron chi connectivity index (χ2n) is 6.99. The Morgan fingerprint density at radius 1 is 1.23 bits per heavy atom. The van der Waals surface area contributed by atoms with E-state index in [4.69, 9.17) is 0 Å². The number of H-pyrrole nitrogens is 1. The highest BCUT2D eigenvalue weighted by Crippen LogP contribution is 2.25. The van der Waals surface area contributed by atoms with Crippen LogP contribution in [0.2, 0.25) is 0 Å². The van der Waals surface area contributed by atoms with Crippen LogP contribution in [-0.2, 0) is 0 Å². The summed E-state index contributed by atoms with van der Waals surface area (Å²) in [5.41, 5.74) is 3.56. The van der Waals surface area contributed by atoms with E-state index in [-0.39, 0.29) is 17.4 Å². The van der Waals surface area contributed by atoms with E-state index in [1.54, 1.807) is 4.90 Å². The summed E-state index contributed by atoms with van der Waals surface area (Å²) in [6.45, 7) is 10.5. The van der Waals surface area contributed by atoms with E-state index in [1.807, 2.05) is 44.3 Å². The summed E-state index contributed by atoms with van der Waals surface area (Å²) in [6, 6.07) is 10.1. The lowest BCUT2D eigenvalue weighted by atomic mass is 9.87. The Hall–Kier alpha value is -2.10. The Morgan fingerprint density at radius 3 is 2.36 bits per heavy atom. The second-order valence-corrected chi connectivity index (χ2v) is 6.99. The van der Waals surface area contributed by atoms with E-state index in [9.17, 15) is 4.79 Å². The average molecular weight is 299 g/mol. The molecule has 0 aliphatic carbocycles. The van der Waals surface area contributed by atoms with E-state index in [1.165, 1.54) is 5.56 Å². The summed E-state index contributed by atoms with van der Waals surface area (Å²) in [5, 5.41) is 7.13. The molecule has 0 saturated heterocycles. The monoisotopic (exact) mass is 299 g/mol. The highest BCUT2D eigenvalue weighted by atomic mass is 16.2. The number of aromatic amines is 1. The number of nitrogens with one attached hydrogen (secondary N) is 1. The van der Waals surface area contributed by atoms with Gasteiger partial charge in [-0.15, -0.1) is 0 Å². The molecule has 22 heavy (non-hydrogen) atoms. The number of carbonyl (C=O) groups excluding carboxylic acids is 1. The van der Waals surface area contributed by atoms with Crippen LogP contribution < -0.4 is 0 Å². The first-order valence-corrected chi connectivity index (χ1v) is 7.60. The van der Waals surface area contributed by atoms with Gasteiger partial charge >= 0.3 is 0 Å². The molecule has 0 spiro atoms. The van der Waals surface area contributed by atoms with Crippen molar-refractivity contribution in [3.63, 3.8) is 0 Å². The topological polar surface area (TPSA) is 49.0 Å². The van der Waals surface area contributed by atoms with Crippen molar-refractivity contribution in [2.24, 2.45) is 5.41 Å². The molecule has 1 aromatic carbocycles. The minimum Gasteiger partial charge on any atom is -0.337 e. The van der Waals surface area contributed by atoms with Crippen molar-refractivity contribution in [3.8, 4) is 11.3 Å². The number of hydrogen-bond donors (Lipinski definition) is 1. The molecule has 0 bridgehead atoms. The van der Waals surface area contributed by atoms with Crippen molar-refractivity contribution < 1.29 is 4.79 Å². The van der Waals surface area contributed by atoms with Crippen LogP contribution in [0.5, 0.6) is 0 Å². The van der Waals surface area contributed by atoms with E-state index in [0.29, 0.717) is 5.69 Å². The molecule has 1 unspecified atom stereocenters. The van der Waals surface area contributed by atoms with Crippen molar-refractivity contribution in [3.05, 3.63) is 41.6 Å².